The molecule has 1 aromatic heterocycles. The number of rotatable bonds is 4. The number of thiophene rings is 1. The van der Waals surface area contributed by atoms with Crippen LogP contribution in [0.2, 0.25) is 0 Å². The molecule has 0 spiro atoms. The monoisotopic (exact) mass is 351 g/mol. The van der Waals surface area contributed by atoms with Gasteiger partial charge in [-0.15, -0.1) is 11.3 Å². The first kappa shape index (κ1) is 12.1. The van der Waals surface area contributed by atoms with Crippen LogP contribution in [-0.2, 0) is 6.54 Å². The second-order valence-electron chi connectivity index (χ2n) is 4.36. The van der Waals surface area contributed by atoms with E-state index in [1.165, 1.54) is 28.7 Å². The number of alkyl halides is 1. The van der Waals surface area contributed by atoms with Gasteiger partial charge in [0.15, 0.2) is 0 Å². The van der Waals surface area contributed by atoms with Crippen LogP contribution in [0.15, 0.2) is 15.9 Å². The summed E-state index contributed by atoms with van der Waals surface area (Å²) in [6.45, 7) is 2.32. The molecule has 0 aromatic carbocycles. The van der Waals surface area contributed by atoms with Gasteiger partial charge in [-0.2, -0.15) is 0 Å². The smallest absolute Gasteiger partial charge is 0.0325 e. The summed E-state index contributed by atoms with van der Waals surface area (Å²) in [4.78, 5) is 4.66. The van der Waals surface area contributed by atoms with Gasteiger partial charge in [-0.3, -0.25) is 0 Å². The predicted molar refractivity (Wildman–Crippen MR) is 73.8 cm³/mol. The van der Waals surface area contributed by atoms with Crippen LogP contribution in [-0.4, -0.2) is 23.3 Å². The van der Waals surface area contributed by atoms with E-state index in [4.69, 9.17) is 0 Å². The van der Waals surface area contributed by atoms with Crippen molar-refractivity contribution in [2.75, 3.05) is 13.6 Å². The van der Waals surface area contributed by atoms with E-state index in [-0.39, 0.29) is 0 Å². The van der Waals surface area contributed by atoms with E-state index in [1.54, 1.807) is 0 Å². The summed E-state index contributed by atoms with van der Waals surface area (Å²) in [6.07, 6.45) is 2.69. The minimum atomic E-state index is 0.784. The van der Waals surface area contributed by atoms with Crippen molar-refractivity contribution in [3.63, 3.8) is 0 Å². The summed E-state index contributed by atoms with van der Waals surface area (Å²) in [5, 5.41) is 2.15. The molecule has 1 nitrogen and oxygen atoms in total. The molecule has 0 N–H and O–H groups in total. The molecular weight excluding hydrogens is 338 g/mol. The molecule has 0 unspecified atom stereocenters. The van der Waals surface area contributed by atoms with Crippen molar-refractivity contribution >= 4 is 43.2 Å². The van der Waals surface area contributed by atoms with Crippen LogP contribution in [0.1, 0.15) is 17.7 Å². The Bertz CT molecular complexity index is 320. The third-order valence-electron chi connectivity index (χ3n) is 2.80. The van der Waals surface area contributed by atoms with Gasteiger partial charge in [0.25, 0.3) is 0 Å². The topological polar surface area (TPSA) is 3.24 Å². The van der Waals surface area contributed by atoms with Gasteiger partial charge in [-0.25, -0.2) is 0 Å². The molecule has 1 aliphatic carbocycles. The van der Waals surface area contributed by atoms with Gasteiger partial charge in [0.1, 0.15) is 0 Å². The molecule has 0 radical (unpaired) electrons. The Hall–Kier alpha value is 0.620. The fraction of sp³-hybridized carbons (Fsp3) is 0.636. The molecule has 2 rings (SSSR count). The summed E-state index contributed by atoms with van der Waals surface area (Å²) >= 11 is 8.96. The van der Waals surface area contributed by atoms with Crippen LogP contribution in [0.4, 0.5) is 0 Å². The minimum Gasteiger partial charge on any atom is -0.301 e. The van der Waals surface area contributed by atoms with Gasteiger partial charge in [0, 0.05) is 32.6 Å². The van der Waals surface area contributed by atoms with Crippen molar-refractivity contribution in [3.8, 4) is 0 Å². The molecular formula is C11H15Br2NS. The van der Waals surface area contributed by atoms with Crippen molar-refractivity contribution in [1.29, 1.82) is 0 Å². The lowest BCUT2D eigenvalue weighted by atomic mass is 9.85. The SMILES string of the molecule is CN(Cc1cc(Br)cs1)CC1CC(Br)C1. The maximum atomic E-state index is 3.64. The Morgan fingerprint density at radius 2 is 2.27 bits per heavy atom. The fourth-order valence-electron chi connectivity index (χ4n) is 2.01. The number of hydrogen-bond acceptors (Lipinski definition) is 2. The van der Waals surface area contributed by atoms with E-state index in [1.807, 2.05) is 11.3 Å². The quantitative estimate of drug-likeness (QED) is 0.737. The Labute approximate surface area is 112 Å². The van der Waals surface area contributed by atoms with Crippen molar-refractivity contribution in [2.24, 2.45) is 5.92 Å². The van der Waals surface area contributed by atoms with E-state index in [0.29, 0.717) is 0 Å². The molecule has 84 valence electrons. The van der Waals surface area contributed by atoms with Crippen LogP contribution >= 0.6 is 43.2 Å². The Kier molecular flexibility index (Phi) is 4.27. The lowest BCUT2D eigenvalue weighted by Gasteiger charge is -2.34. The number of hydrogen-bond donors (Lipinski definition) is 0. The summed E-state index contributed by atoms with van der Waals surface area (Å²) in [5.41, 5.74) is 0. The van der Waals surface area contributed by atoms with E-state index in [9.17, 15) is 0 Å². The molecule has 0 atom stereocenters. The molecule has 1 saturated carbocycles. The van der Waals surface area contributed by atoms with Crippen LogP contribution in [0.3, 0.4) is 0 Å². The summed E-state index contributed by atoms with van der Waals surface area (Å²) < 4.78 is 1.21. The third-order valence-corrected chi connectivity index (χ3v) is 5.23. The molecule has 1 heterocycles. The highest BCUT2D eigenvalue weighted by molar-refractivity contribution is 9.10. The lowest BCUT2D eigenvalue weighted by molar-refractivity contribution is 0.209. The predicted octanol–water partition coefficient (Wildman–Crippen LogP) is 4.12. The maximum absolute atomic E-state index is 3.64. The van der Waals surface area contributed by atoms with E-state index in [0.717, 1.165) is 17.3 Å². The molecule has 4 heteroatoms. The van der Waals surface area contributed by atoms with Gasteiger partial charge in [0.05, 0.1) is 0 Å². The minimum absolute atomic E-state index is 0.784. The zero-order valence-electron chi connectivity index (χ0n) is 8.75. The molecule has 15 heavy (non-hydrogen) atoms. The van der Waals surface area contributed by atoms with E-state index in [2.05, 4.69) is 55.3 Å². The van der Waals surface area contributed by atoms with Gasteiger partial charge < -0.3 is 4.90 Å². The van der Waals surface area contributed by atoms with Gasteiger partial charge in [-0.05, 0) is 47.8 Å². The first-order chi connectivity index (χ1) is 7.13. The highest BCUT2D eigenvalue weighted by atomic mass is 79.9. The first-order valence-corrected chi connectivity index (χ1v) is 7.78. The Morgan fingerprint density at radius 3 is 2.80 bits per heavy atom. The molecule has 1 fully saturated rings. The Balaban J connectivity index is 1.75. The second-order valence-corrected chi connectivity index (χ2v) is 7.57. The zero-order valence-corrected chi connectivity index (χ0v) is 12.7. The standard InChI is InChI=1S/C11H15Br2NS/c1-14(5-8-2-9(12)3-8)6-11-4-10(13)7-15-11/h4,7-9H,2-3,5-6H2,1H3. The normalized spacial score (nSPS) is 25.6. The Morgan fingerprint density at radius 1 is 1.53 bits per heavy atom. The van der Waals surface area contributed by atoms with Crippen molar-refractivity contribution in [2.45, 2.75) is 24.2 Å². The van der Waals surface area contributed by atoms with Gasteiger partial charge in [0.2, 0.25) is 0 Å². The lowest BCUT2D eigenvalue weighted by Crippen LogP contribution is -2.34. The number of halogens is 2. The molecule has 0 amide bonds. The molecule has 0 saturated heterocycles. The van der Waals surface area contributed by atoms with Gasteiger partial charge in [-0.1, -0.05) is 15.9 Å². The first-order valence-electron chi connectivity index (χ1n) is 5.19. The maximum Gasteiger partial charge on any atom is 0.0325 e. The van der Waals surface area contributed by atoms with Crippen molar-refractivity contribution in [1.82, 2.24) is 4.90 Å². The van der Waals surface area contributed by atoms with Crippen molar-refractivity contribution < 1.29 is 0 Å². The summed E-state index contributed by atoms with van der Waals surface area (Å²) in [6, 6.07) is 2.22. The highest BCUT2D eigenvalue weighted by Gasteiger charge is 2.27. The molecule has 1 aliphatic rings. The van der Waals surface area contributed by atoms with Crippen LogP contribution in [0.25, 0.3) is 0 Å². The van der Waals surface area contributed by atoms with Crippen molar-refractivity contribution in [3.05, 3.63) is 20.8 Å². The van der Waals surface area contributed by atoms with Crippen LogP contribution in [0, 0.1) is 5.92 Å². The fourth-order valence-corrected chi connectivity index (χ4v) is 4.60. The summed E-state index contributed by atoms with van der Waals surface area (Å²) in [7, 11) is 2.22. The average Bonchev–Trinajstić information content (AvgIpc) is 2.48. The van der Waals surface area contributed by atoms with Crippen LogP contribution < -0.4 is 0 Å². The third kappa shape index (κ3) is 3.55. The highest BCUT2D eigenvalue weighted by Crippen LogP contribution is 2.34. The second kappa shape index (κ2) is 5.30. The van der Waals surface area contributed by atoms with Gasteiger partial charge >= 0.3 is 0 Å². The van der Waals surface area contributed by atoms with Crippen LogP contribution in [0.5, 0.6) is 0 Å². The number of nitrogens with zero attached hydrogens (tertiary/aromatic N) is 1. The van der Waals surface area contributed by atoms with E-state index < -0.39 is 0 Å². The molecule has 0 aliphatic heterocycles. The largest absolute Gasteiger partial charge is 0.301 e. The molecule has 1 aromatic rings. The summed E-state index contributed by atoms with van der Waals surface area (Å²) in [5.74, 6) is 0.905. The average molecular weight is 353 g/mol. The van der Waals surface area contributed by atoms with E-state index >= 15 is 0 Å². The molecule has 0 bridgehead atoms. The zero-order chi connectivity index (χ0) is 10.8.